The standard InChI is InChI=1S/C23H24N4O4/c1-16(27-22(29)19-10-6-5-9-18(19)20(24-27)23(30)31)21(28)26-13-11-25(12-14-26)15-17-7-3-2-4-8-17/h2-10,16H,11-15H2,1H3,(H,30,31). The molecule has 0 saturated carbocycles. The van der Waals surface area contributed by atoms with Gasteiger partial charge in [0.25, 0.3) is 5.56 Å². The number of hydrogen-bond donors (Lipinski definition) is 1. The van der Waals surface area contributed by atoms with Crippen molar-refractivity contribution in [2.45, 2.75) is 19.5 Å². The van der Waals surface area contributed by atoms with Crippen molar-refractivity contribution in [3.05, 3.63) is 76.2 Å². The number of piperazine rings is 1. The van der Waals surface area contributed by atoms with Crippen LogP contribution in [0.1, 0.15) is 29.0 Å². The molecule has 1 atom stereocenters. The molecular weight excluding hydrogens is 396 g/mol. The molecule has 31 heavy (non-hydrogen) atoms. The summed E-state index contributed by atoms with van der Waals surface area (Å²) in [4.78, 5) is 41.7. The monoisotopic (exact) mass is 420 g/mol. The highest BCUT2D eigenvalue weighted by Gasteiger charge is 2.28. The maximum atomic E-state index is 13.1. The SMILES string of the molecule is CC(C(=O)N1CCN(Cc2ccccc2)CC1)n1nc(C(=O)O)c2ccccc2c1=O. The fourth-order valence-electron chi connectivity index (χ4n) is 3.96. The van der Waals surface area contributed by atoms with Crippen LogP contribution in [0.5, 0.6) is 0 Å². The first-order valence-corrected chi connectivity index (χ1v) is 10.3. The lowest BCUT2D eigenvalue weighted by Gasteiger charge is -2.36. The molecule has 0 radical (unpaired) electrons. The average molecular weight is 420 g/mol. The summed E-state index contributed by atoms with van der Waals surface area (Å²) in [6, 6.07) is 15.7. The molecule has 1 fully saturated rings. The van der Waals surface area contributed by atoms with Gasteiger partial charge in [-0.3, -0.25) is 14.5 Å². The Hall–Kier alpha value is -3.52. The number of carbonyl (C=O) groups is 2. The van der Waals surface area contributed by atoms with Crippen LogP contribution in [0.25, 0.3) is 10.8 Å². The molecule has 1 unspecified atom stereocenters. The Morgan fingerprint density at radius 2 is 1.58 bits per heavy atom. The number of carboxylic acids is 1. The van der Waals surface area contributed by atoms with Crippen LogP contribution >= 0.6 is 0 Å². The average Bonchev–Trinajstić information content (AvgIpc) is 2.79. The van der Waals surface area contributed by atoms with Crippen molar-refractivity contribution in [2.75, 3.05) is 26.2 Å². The second-order valence-corrected chi connectivity index (χ2v) is 7.71. The van der Waals surface area contributed by atoms with Crippen LogP contribution < -0.4 is 5.56 Å². The van der Waals surface area contributed by atoms with E-state index < -0.39 is 17.6 Å². The number of fused-ring (bicyclic) bond motifs is 1. The molecule has 3 aromatic rings. The molecular formula is C23H24N4O4. The number of carbonyl (C=O) groups excluding carboxylic acids is 1. The van der Waals surface area contributed by atoms with Crippen molar-refractivity contribution in [3.63, 3.8) is 0 Å². The van der Waals surface area contributed by atoms with Crippen molar-refractivity contribution in [3.8, 4) is 0 Å². The van der Waals surface area contributed by atoms with E-state index in [1.165, 1.54) is 5.56 Å². The molecule has 4 rings (SSSR count). The molecule has 1 aliphatic heterocycles. The summed E-state index contributed by atoms with van der Waals surface area (Å²) in [7, 11) is 0. The number of nitrogens with zero attached hydrogens (tertiary/aromatic N) is 4. The van der Waals surface area contributed by atoms with Crippen molar-refractivity contribution >= 4 is 22.6 Å². The van der Waals surface area contributed by atoms with Crippen LogP contribution in [0.15, 0.2) is 59.4 Å². The van der Waals surface area contributed by atoms with E-state index in [0.717, 1.165) is 24.3 Å². The summed E-state index contributed by atoms with van der Waals surface area (Å²) in [5.41, 5.74) is 0.524. The minimum Gasteiger partial charge on any atom is -0.476 e. The van der Waals surface area contributed by atoms with Gasteiger partial charge in [-0.1, -0.05) is 48.5 Å². The summed E-state index contributed by atoms with van der Waals surface area (Å²) in [5, 5.41) is 14.1. The van der Waals surface area contributed by atoms with E-state index in [9.17, 15) is 19.5 Å². The van der Waals surface area contributed by atoms with Gasteiger partial charge in [0.1, 0.15) is 6.04 Å². The van der Waals surface area contributed by atoms with Crippen molar-refractivity contribution in [1.82, 2.24) is 19.6 Å². The summed E-state index contributed by atoms with van der Waals surface area (Å²) >= 11 is 0. The zero-order valence-electron chi connectivity index (χ0n) is 17.3. The molecule has 8 heteroatoms. The molecule has 1 aliphatic rings. The van der Waals surface area contributed by atoms with Gasteiger partial charge in [0.2, 0.25) is 5.91 Å². The first kappa shape index (κ1) is 20.7. The van der Waals surface area contributed by atoms with Gasteiger partial charge in [0, 0.05) is 38.1 Å². The van der Waals surface area contributed by atoms with E-state index in [4.69, 9.17) is 0 Å². The highest BCUT2D eigenvalue weighted by molar-refractivity contribution is 6.01. The Bertz CT molecular complexity index is 1170. The predicted molar refractivity (Wildman–Crippen MR) is 116 cm³/mol. The zero-order valence-corrected chi connectivity index (χ0v) is 17.3. The van der Waals surface area contributed by atoms with Crippen LogP contribution in [0.3, 0.4) is 0 Å². The third-order valence-corrected chi connectivity index (χ3v) is 5.69. The summed E-state index contributed by atoms with van der Waals surface area (Å²) < 4.78 is 1.00. The minimum absolute atomic E-state index is 0.234. The third-order valence-electron chi connectivity index (χ3n) is 5.69. The lowest BCUT2D eigenvalue weighted by Crippen LogP contribution is -2.50. The van der Waals surface area contributed by atoms with Crippen LogP contribution in [0, 0.1) is 0 Å². The molecule has 1 aromatic heterocycles. The maximum absolute atomic E-state index is 13.1. The maximum Gasteiger partial charge on any atom is 0.357 e. The largest absolute Gasteiger partial charge is 0.476 e. The second-order valence-electron chi connectivity index (χ2n) is 7.71. The molecule has 0 spiro atoms. The molecule has 8 nitrogen and oxygen atoms in total. The number of benzene rings is 2. The van der Waals surface area contributed by atoms with Crippen molar-refractivity contribution < 1.29 is 14.7 Å². The molecule has 2 heterocycles. The van der Waals surface area contributed by atoms with E-state index >= 15 is 0 Å². The Balaban J connectivity index is 1.51. The highest BCUT2D eigenvalue weighted by atomic mass is 16.4. The topological polar surface area (TPSA) is 95.7 Å². The van der Waals surface area contributed by atoms with Crippen molar-refractivity contribution in [1.29, 1.82) is 0 Å². The van der Waals surface area contributed by atoms with Gasteiger partial charge in [0.05, 0.1) is 5.39 Å². The summed E-state index contributed by atoms with van der Waals surface area (Å²) in [6.07, 6.45) is 0. The van der Waals surface area contributed by atoms with Crippen LogP contribution in [-0.4, -0.2) is 62.7 Å². The molecule has 1 N–H and O–H groups in total. The third kappa shape index (κ3) is 4.20. The van der Waals surface area contributed by atoms with E-state index in [0.29, 0.717) is 13.1 Å². The smallest absolute Gasteiger partial charge is 0.357 e. The molecule has 1 saturated heterocycles. The van der Waals surface area contributed by atoms with E-state index in [2.05, 4.69) is 22.1 Å². The van der Waals surface area contributed by atoms with Gasteiger partial charge in [0.15, 0.2) is 5.69 Å². The number of hydrogen-bond acceptors (Lipinski definition) is 5. The van der Waals surface area contributed by atoms with Gasteiger partial charge in [-0.25, -0.2) is 9.48 Å². The van der Waals surface area contributed by atoms with Gasteiger partial charge in [-0.15, -0.1) is 0 Å². The van der Waals surface area contributed by atoms with E-state index in [1.54, 1.807) is 36.1 Å². The van der Waals surface area contributed by atoms with E-state index in [-0.39, 0.29) is 22.4 Å². The second kappa shape index (κ2) is 8.69. The lowest BCUT2D eigenvalue weighted by atomic mass is 10.1. The lowest BCUT2D eigenvalue weighted by molar-refractivity contribution is -0.136. The normalized spacial score (nSPS) is 15.7. The Kier molecular flexibility index (Phi) is 5.81. The highest BCUT2D eigenvalue weighted by Crippen LogP contribution is 2.17. The van der Waals surface area contributed by atoms with Gasteiger partial charge >= 0.3 is 5.97 Å². The fraction of sp³-hybridized carbons (Fsp3) is 0.304. The fourth-order valence-corrected chi connectivity index (χ4v) is 3.96. The Morgan fingerprint density at radius 3 is 2.23 bits per heavy atom. The molecule has 160 valence electrons. The summed E-state index contributed by atoms with van der Waals surface area (Å²) in [6.45, 7) is 4.97. The number of carboxylic acid groups (broad SMARTS) is 1. The van der Waals surface area contributed by atoms with Crippen LogP contribution in [0.2, 0.25) is 0 Å². The van der Waals surface area contributed by atoms with Crippen LogP contribution in [0.4, 0.5) is 0 Å². The van der Waals surface area contributed by atoms with Gasteiger partial charge in [-0.05, 0) is 18.6 Å². The van der Waals surface area contributed by atoms with Crippen LogP contribution in [-0.2, 0) is 11.3 Å². The molecule has 0 bridgehead atoms. The zero-order chi connectivity index (χ0) is 22.0. The Labute approximate surface area is 179 Å². The van der Waals surface area contributed by atoms with Gasteiger partial charge in [-0.2, -0.15) is 5.10 Å². The first-order chi connectivity index (χ1) is 15.0. The molecule has 2 aromatic carbocycles. The quantitative estimate of drug-likeness (QED) is 0.678. The minimum atomic E-state index is -1.24. The predicted octanol–water partition coefficient (Wildman–Crippen LogP) is 2.00. The number of amides is 1. The number of rotatable bonds is 5. The first-order valence-electron chi connectivity index (χ1n) is 10.3. The van der Waals surface area contributed by atoms with E-state index in [1.807, 2.05) is 18.2 Å². The summed E-state index contributed by atoms with van der Waals surface area (Å²) in [5.74, 6) is -1.47. The molecule has 0 aliphatic carbocycles. The number of aromatic nitrogens is 2. The van der Waals surface area contributed by atoms with Gasteiger partial charge < -0.3 is 10.0 Å². The number of aromatic carboxylic acids is 1. The van der Waals surface area contributed by atoms with Crippen molar-refractivity contribution in [2.24, 2.45) is 0 Å². The Morgan fingerprint density at radius 1 is 0.968 bits per heavy atom. The molecule has 1 amide bonds.